The number of pyridine rings is 1. The molecule has 1 radical (unpaired) electrons. The van der Waals surface area contributed by atoms with E-state index < -0.39 is 14.1 Å². The molecule has 3 aromatic heterocycles. The number of aromatic nitrogens is 4. The summed E-state index contributed by atoms with van der Waals surface area (Å²) in [4.78, 5) is 16.6. The van der Waals surface area contributed by atoms with E-state index in [-0.39, 0.29) is 27.9 Å². The molecular formula is C36H47FN5O3Si. The second-order valence-corrected chi connectivity index (χ2v) is 19.7. The molecule has 0 fully saturated rings. The van der Waals surface area contributed by atoms with Gasteiger partial charge in [-0.2, -0.15) is 0 Å². The lowest BCUT2D eigenvalue weighted by molar-refractivity contribution is 0.121. The maximum atomic E-state index is 15.7. The van der Waals surface area contributed by atoms with Crippen molar-refractivity contribution in [1.82, 2.24) is 20.1 Å². The van der Waals surface area contributed by atoms with Gasteiger partial charge in [-0.15, -0.1) is 0 Å². The van der Waals surface area contributed by atoms with Crippen LogP contribution in [0.25, 0.3) is 22.6 Å². The average Bonchev–Trinajstić information content (AvgIpc) is 3.53. The fourth-order valence-corrected chi connectivity index (χ4v) is 6.77. The van der Waals surface area contributed by atoms with E-state index in [4.69, 9.17) is 23.7 Å². The molecule has 0 spiro atoms. The molecule has 10 heteroatoms. The lowest BCUT2D eigenvalue weighted by Crippen LogP contribution is -2.46. The number of halogens is 1. The average molecular weight is 645 g/mol. The molecule has 1 atom stereocenters. The summed E-state index contributed by atoms with van der Waals surface area (Å²) in [6.45, 7) is 24.9. The Labute approximate surface area is 273 Å². The van der Waals surface area contributed by atoms with Gasteiger partial charge in [0, 0.05) is 18.3 Å². The number of nitrogens with zero attached hydrogens (tertiary/aromatic N) is 5. The number of ether oxygens (including phenoxy) is 1. The Morgan fingerprint density at radius 1 is 1.04 bits per heavy atom. The largest absolute Gasteiger partial charge is 0.491 e. The van der Waals surface area contributed by atoms with Gasteiger partial charge in [-0.05, 0) is 80.6 Å². The van der Waals surface area contributed by atoms with E-state index in [1.54, 1.807) is 18.3 Å². The predicted molar refractivity (Wildman–Crippen MR) is 183 cm³/mol. The first kappa shape index (κ1) is 33.7. The summed E-state index contributed by atoms with van der Waals surface area (Å²) in [6, 6.07) is 8.76. The number of benzene rings is 1. The monoisotopic (exact) mass is 644 g/mol. The van der Waals surface area contributed by atoms with Crippen molar-refractivity contribution in [2.24, 2.45) is 5.41 Å². The first-order chi connectivity index (χ1) is 21.4. The minimum Gasteiger partial charge on any atom is -0.491 e. The molecule has 0 bridgehead atoms. The Balaban J connectivity index is 1.52. The van der Waals surface area contributed by atoms with Crippen molar-refractivity contribution in [3.8, 4) is 28.4 Å². The van der Waals surface area contributed by atoms with Crippen LogP contribution in [0.15, 0.2) is 41.1 Å². The summed E-state index contributed by atoms with van der Waals surface area (Å²) in [7, 11) is -2.08. The van der Waals surface area contributed by atoms with E-state index in [2.05, 4.69) is 82.2 Å². The Morgan fingerprint density at radius 2 is 1.78 bits per heavy atom. The highest BCUT2D eigenvalue weighted by Crippen LogP contribution is 2.40. The zero-order chi connectivity index (χ0) is 33.6. The zero-order valence-corrected chi connectivity index (χ0v) is 30.1. The Kier molecular flexibility index (Phi) is 9.18. The first-order valence-corrected chi connectivity index (χ1v) is 18.8. The minimum absolute atomic E-state index is 0.0478. The predicted octanol–water partition coefficient (Wildman–Crippen LogP) is 8.80. The Bertz CT molecular complexity index is 1680. The molecule has 0 unspecified atom stereocenters. The zero-order valence-electron chi connectivity index (χ0n) is 29.1. The van der Waals surface area contributed by atoms with E-state index in [0.29, 0.717) is 48.4 Å². The van der Waals surface area contributed by atoms with Gasteiger partial charge >= 0.3 is 0 Å². The third-order valence-corrected chi connectivity index (χ3v) is 13.4. The topological polar surface area (TPSA) is 86.4 Å². The summed E-state index contributed by atoms with van der Waals surface area (Å²) >= 11 is 0. The molecule has 0 N–H and O–H groups in total. The molecule has 0 saturated carbocycles. The van der Waals surface area contributed by atoms with Gasteiger partial charge in [0.25, 0.3) is 0 Å². The van der Waals surface area contributed by atoms with Crippen LogP contribution in [-0.4, -0.2) is 41.1 Å². The molecule has 5 rings (SSSR count). The molecule has 1 aliphatic heterocycles. The summed E-state index contributed by atoms with van der Waals surface area (Å²) in [5, 5.41) is 4.22. The van der Waals surface area contributed by atoms with Crippen molar-refractivity contribution in [2.75, 3.05) is 11.5 Å². The molecule has 0 aliphatic carbocycles. The molecule has 4 heterocycles. The molecule has 46 heavy (non-hydrogen) atoms. The highest BCUT2D eigenvalue weighted by molar-refractivity contribution is 6.74. The quantitative estimate of drug-likeness (QED) is 0.167. The Hall–Kier alpha value is -3.63. The molecule has 0 amide bonds. The van der Waals surface area contributed by atoms with Crippen LogP contribution in [0.3, 0.4) is 0 Å². The lowest BCUT2D eigenvalue weighted by Gasteiger charge is -2.40. The van der Waals surface area contributed by atoms with Crippen LogP contribution < -0.4 is 9.64 Å². The van der Waals surface area contributed by atoms with Crippen LogP contribution in [0.4, 0.5) is 10.2 Å². The Morgan fingerprint density at radius 3 is 2.41 bits per heavy atom. The third kappa shape index (κ3) is 7.18. The van der Waals surface area contributed by atoms with Crippen LogP contribution in [-0.2, 0) is 17.5 Å². The van der Waals surface area contributed by atoms with Gasteiger partial charge in [0.05, 0.1) is 40.9 Å². The van der Waals surface area contributed by atoms with Gasteiger partial charge in [0.2, 0.25) is 0 Å². The van der Waals surface area contributed by atoms with Gasteiger partial charge < -0.3 is 18.6 Å². The number of fused-ring (bicyclic) bond motifs is 1. The van der Waals surface area contributed by atoms with E-state index in [0.717, 1.165) is 22.4 Å². The molecule has 1 aromatic carbocycles. The second kappa shape index (κ2) is 12.5. The summed E-state index contributed by atoms with van der Waals surface area (Å²) in [5.41, 5.74) is 5.35. The van der Waals surface area contributed by atoms with Crippen LogP contribution in [0, 0.1) is 38.4 Å². The van der Waals surface area contributed by atoms with Gasteiger partial charge in [-0.25, -0.2) is 14.4 Å². The van der Waals surface area contributed by atoms with Crippen LogP contribution in [0.2, 0.25) is 18.1 Å². The number of hydrogen-bond donors (Lipinski definition) is 0. The fourth-order valence-electron chi connectivity index (χ4n) is 5.52. The molecular weight excluding hydrogens is 598 g/mol. The van der Waals surface area contributed by atoms with Crippen molar-refractivity contribution >= 4 is 14.1 Å². The number of rotatable bonds is 9. The lowest BCUT2D eigenvalue weighted by atomic mass is 9.89. The van der Waals surface area contributed by atoms with Gasteiger partial charge in [-0.1, -0.05) is 52.8 Å². The number of aryl methyl sites for hydroxylation is 2. The standard InChI is InChI=1S/C36H47FN5O3Si/c1-22-32(31-23(2)41-44-24(31)3)39-33(40-34(22)42-19-25-13-12-16-38-30(25)20-42)28-17-26(14-15-29(28)37)43-21-27(18-35(4,5)6)45-46(10,11)36(7,8)9/h12-18,27H,19-21H2,1-11H3/t27-/m1/s1. The summed E-state index contributed by atoms with van der Waals surface area (Å²) in [5.74, 6) is 1.70. The normalized spacial score (nSPS) is 14.5. The highest BCUT2D eigenvalue weighted by atomic mass is 28.4. The fraction of sp³-hybridized carbons (Fsp3) is 0.472. The van der Waals surface area contributed by atoms with Crippen molar-refractivity contribution < 1.29 is 18.1 Å². The molecule has 8 nitrogen and oxygen atoms in total. The van der Waals surface area contributed by atoms with Gasteiger partial charge in [0.1, 0.15) is 29.8 Å². The van der Waals surface area contributed by atoms with E-state index in [9.17, 15) is 0 Å². The molecule has 1 aliphatic rings. The van der Waals surface area contributed by atoms with Crippen molar-refractivity contribution in [3.05, 3.63) is 77.0 Å². The second-order valence-electron chi connectivity index (χ2n) is 14.9. The summed E-state index contributed by atoms with van der Waals surface area (Å²) in [6.07, 6.45) is 3.78. The maximum Gasteiger partial charge on any atom is 0.192 e. The van der Waals surface area contributed by atoms with Crippen LogP contribution in [0.1, 0.15) is 69.8 Å². The van der Waals surface area contributed by atoms with Gasteiger partial charge in [0.15, 0.2) is 14.1 Å². The van der Waals surface area contributed by atoms with Crippen molar-refractivity contribution in [2.45, 2.75) is 99.6 Å². The van der Waals surface area contributed by atoms with Crippen LogP contribution in [0.5, 0.6) is 5.75 Å². The van der Waals surface area contributed by atoms with E-state index >= 15 is 4.39 Å². The van der Waals surface area contributed by atoms with E-state index in [1.165, 1.54) is 6.07 Å². The van der Waals surface area contributed by atoms with Crippen molar-refractivity contribution in [3.63, 3.8) is 0 Å². The van der Waals surface area contributed by atoms with Gasteiger partial charge in [-0.3, -0.25) is 4.98 Å². The number of anilines is 1. The van der Waals surface area contributed by atoms with E-state index in [1.807, 2.05) is 26.8 Å². The SMILES string of the molecule is Cc1noc(C)c1-c1nc(-c2cc(OC[C@@H]([CH]C(C)(C)C)O[Si](C)(C)C(C)(C)C)ccc2F)nc(N2Cc3cccnc3C2)c1C. The third-order valence-electron chi connectivity index (χ3n) is 8.91. The van der Waals surface area contributed by atoms with Crippen molar-refractivity contribution in [1.29, 1.82) is 0 Å². The molecule has 0 saturated heterocycles. The smallest absolute Gasteiger partial charge is 0.192 e. The highest BCUT2D eigenvalue weighted by Gasteiger charge is 2.40. The first-order valence-electron chi connectivity index (χ1n) is 15.9. The summed E-state index contributed by atoms with van der Waals surface area (Å²) < 4.78 is 34.3. The number of hydrogen-bond acceptors (Lipinski definition) is 8. The molecule has 245 valence electrons. The maximum absolute atomic E-state index is 15.7. The minimum atomic E-state index is -2.08. The molecule has 4 aromatic rings. The van der Waals surface area contributed by atoms with Crippen LogP contribution >= 0.6 is 0 Å².